The summed E-state index contributed by atoms with van der Waals surface area (Å²) >= 11 is 0. The van der Waals surface area contributed by atoms with Crippen LogP contribution in [0.5, 0.6) is 0 Å². The van der Waals surface area contributed by atoms with E-state index >= 15 is 0 Å². The molecule has 3 heterocycles. The van der Waals surface area contributed by atoms with Gasteiger partial charge in [-0.05, 0) is 66.9 Å². The van der Waals surface area contributed by atoms with Crippen molar-refractivity contribution in [1.29, 1.82) is 5.26 Å². The number of piperidine rings is 1. The van der Waals surface area contributed by atoms with Crippen molar-refractivity contribution in [2.24, 2.45) is 7.05 Å². The Morgan fingerprint density at radius 1 is 1.06 bits per heavy atom. The average Bonchev–Trinajstić information content (AvgIpc) is 3.23. The number of fused-ring (bicyclic) bond motifs is 1. The number of anilines is 1. The van der Waals surface area contributed by atoms with Crippen molar-refractivity contribution >= 4 is 16.7 Å². The molecule has 0 unspecified atom stereocenters. The minimum Gasteiger partial charge on any atom is -0.356 e. The number of nitrogens with zero attached hydrogens (tertiary/aromatic N) is 5. The highest BCUT2D eigenvalue weighted by atomic mass is 19.1. The highest BCUT2D eigenvalue weighted by Crippen LogP contribution is 2.36. The quantitative estimate of drug-likeness (QED) is 0.506. The van der Waals surface area contributed by atoms with E-state index in [0.717, 1.165) is 64.9 Å². The number of halogens is 1. The molecule has 6 nitrogen and oxygen atoms in total. The van der Waals surface area contributed by atoms with Gasteiger partial charge < -0.3 is 10.2 Å². The minimum atomic E-state index is -0.517. The number of nitrogens with one attached hydrogen (secondary N) is 1. The lowest BCUT2D eigenvalue weighted by Gasteiger charge is -2.33. The minimum absolute atomic E-state index is 0.0421. The van der Waals surface area contributed by atoms with Crippen molar-refractivity contribution in [1.82, 2.24) is 20.1 Å². The number of aryl methyl sites for hydroxylation is 1. The first kappa shape index (κ1) is 21.1. The first-order chi connectivity index (χ1) is 16.1. The lowest BCUT2D eigenvalue weighted by Crippen LogP contribution is -2.41. The van der Waals surface area contributed by atoms with E-state index in [1.807, 2.05) is 50.8 Å². The normalized spacial score (nSPS) is 14.5. The number of hydrogen-bond donors (Lipinski definition) is 1. The molecule has 1 fully saturated rings. The van der Waals surface area contributed by atoms with E-state index < -0.39 is 5.82 Å². The van der Waals surface area contributed by atoms with Crippen molar-refractivity contribution in [3.05, 3.63) is 66.2 Å². The van der Waals surface area contributed by atoms with Gasteiger partial charge >= 0.3 is 0 Å². The summed E-state index contributed by atoms with van der Waals surface area (Å²) < 4.78 is 16.3. The van der Waals surface area contributed by atoms with Gasteiger partial charge in [-0.1, -0.05) is 12.1 Å². The summed E-state index contributed by atoms with van der Waals surface area (Å²) in [6.45, 7) is 1.83. The van der Waals surface area contributed by atoms with Crippen LogP contribution in [0.25, 0.3) is 33.2 Å². The van der Waals surface area contributed by atoms with Crippen LogP contribution in [-0.2, 0) is 7.05 Å². The number of hydrogen-bond acceptors (Lipinski definition) is 5. The summed E-state index contributed by atoms with van der Waals surface area (Å²) in [6.07, 6.45) is 5.97. The van der Waals surface area contributed by atoms with Crippen LogP contribution in [0.3, 0.4) is 0 Å². The summed E-state index contributed by atoms with van der Waals surface area (Å²) in [5.41, 5.74) is 4.48. The average molecular weight is 441 g/mol. The SMILES string of the molecule is CNC1CCN(c2cc(-c3ccc(C#N)c(F)c3)c(-c3ccc4nn(C)cc4c3)cn2)CC1. The predicted octanol–water partition coefficient (Wildman–Crippen LogP) is 4.50. The van der Waals surface area contributed by atoms with Crippen molar-refractivity contribution < 1.29 is 4.39 Å². The number of nitriles is 1. The van der Waals surface area contributed by atoms with E-state index in [-0.39, 0.29) is 5.56 Å². The van der Waals surface area contributed by atoms with Crippen LogP contribution in [0.4, 0.5) is 10.2 Å². The fourth-order valence-corrected chi connectivity index (χ4v) is 4.57. The zero-order valence-electron chi connectivity index (χ0n) is 18.7. The molecular weight excluding hydrogens is 415 g/mol. The van der Waals surface area contributed by atoms with Crippen LogP contribution < -0.4 is 10.2 Å². The van der Waals surface area contributed by atoms with Crippen LogP contribution in [0.1, 0.15) is 18.4 Å². The number of rotatable bonds is 4. The molecule has 2 aromatic heterocycles. The first-order valence-corrected chi connectivity index (χ1v) is 11.1. The third-order valence-corrected chi connectivity index (χ3v) is 6.45. The molecule has 1 aliphatic heterocycles. The van der Waals surface area contributed by atoms with E-state index in [9.17, 15) is 4.39 Å². The van der Waals surface area contributed by atoms with Crippen LogP contribution in [0, 0.1) is 17.1 Å². The summed E-state index contributed by atoms with van der Waals surface area (Å²) in [5, 5.41) is 18.0. The largest absolute Gasteiger partial charge is 0.356 e. The Balaban J connectivity index is 1.61. The second-order valence-corrected chi connectivity index (χ2v) is 8.52. The van der Waals surface area contributed by atoms with E-state index in [2.05, 4.69) is 21.4 Å². The third-order valence-electron chi connectivity index (χ3n) is 6.45. The topological polar surface area (TPSA) is 69.8 Å². The summed E-state index contributed by atoms with van der Waals surface area (Å²) in [6, 6.07) is 15.4. The Labute approximate surface area is 192 Å². The summed E-state index contributed by atoms with van der Waals surface area (Å²) in [5.74, 6) is 0.368. The maximum Gasteiger partial charge on any atom is 0.141 e. The molecule has 5 rings (SSSR count). The smallest absolute Gasteiger partial charge is 0.141 e. The molecule has 0 spiro atoms. The van der Waals surface area contributed by atoms with Gasteiger partial charge in [-0.2, -0.15) is 10.4 Å². The van der Waals surface area contributed by atoms with Gasteiger partial charge in [0.05, 0.1) is 11.1 Å². The van der Waals surface area contributed by atoms with Gasteiger partial charge in [0, 0.05) is 49.5 Å². The van der Waals surface area contributed by atoms with Crippen molar-refractivity contribution in [3.8, 4) is 28.3 Å². The molecule has 0 bridgehead atoms. The summed E-state index contributed by atoms with van der Waals surface area (Å²) in [4.78, 5) is 7.08. The second kappa shape index (κ2) is 8.64. The Morgan fingerprint density at radius 2 is 1.82 bits per heavy atom. The van der Waals surface area contributed by atoms with Gasteiger partial charge in [0.15, 0.2) is 0 Å². The van der Waals surface area contributed by atoms with Crippen molar-refractivity contribution in [3.63, 3.8) is 0 Å². The maximum absolute atomic E-state index is 14.6. The Hall–Kier alpha value is -3.76. The Bertz CT molecular complexity index is 1360. The van der Waals surface area contributed by atoms with E-state index in [1.54, 1.807) is 10.7 Å². The third kappa shape index (κ3) is 4.06. The van der Waals surface area contributed by atoms with Gasteiger partial charge in [-0.15, -0.1) is 0 Å². The zero-order valence-corrected chi connectivity index (χ0v) is 18.7. The maximum atomic E-state index is 14.6. The fraction of sp³-hybridized carbons (Fsp3) is 0.269. The van der Waals surface area contributed by atoms with E-state index in [1.165, 1.54) is 12.1 Å². The van der Waals surface area contributed by atoms with Gasteiger partial charge in [-0.3, -0.25) is 4.68 Å². The zero-order chi connectivity index (χ0) is 22.9. The highest BCUT2D eigenvalue weighted by Gasteiger charge is 2.21. The molecule has 166 valence electrons. The number of pyridine rings is 1. The second-order valence-electron chi connectivity index (χ2n) is 8.52. The predicted molar refractivity (Wildman–Crippen MR) is 128 cm³/mol. The molecule has 0 amide bonds. The number of aromatic nitrogens is 3. The molecule has 2 aromatic carbocycles. The molecule has 7 heteroatoms. The standard InChI is InChI=1S/C26H25FN6/c1-29-21-7-9-33(10-8-21)26-13-22(18-3-4-19(14-28)24(27)12-18)23(15-30-26)17-5-6-25-20(11-17)16-32(2)31-25/h3-6,11-13,15-16,21,29H,7-10H2,1-2H3. The van der Waals surface area contributed by atoms with Crippen LogP contribution in [0.15, 0.2) is 54.9 Å². The Morgan fingerprint density at radius 3 is 2.55 bits per heavy atom. The molecular formula is C26H25FN6. The van der Waals surface area contributed by atoms with Gasteiger partial charge in [-0.25, -0.2) is 9.37 Å². The van der Waals surface area contributed by atoms with E-state index in [4.69, 9.17) is 10.2 Å². The molecule has 0 atom stereocenters. The lowest BCUT2D eigenvalue weighted by molar-refractivity contribution is 0.441. The van der Waals surface area contributed by atoms with Gasteiger partial charge in [0.2, 0.25) is 0 Å². The Kier molecular flexibility index (Phi) is 5.53. The molecule has 0 saturated carbocycles. The van der Waals surface area contributed by atoms with Crippen LogP contribution >= 0.6 is 0 Å². The molecule has 0 radical (unpaired) electrons. The molecule has 4 aromatic rings. The highest BCUT2D eigenvalue weighted by molar-refractivity contribution is 5.90. The monoisotopic (exact) mass is 440 g/mol. The molecule has 1 saturated heterocycles. The van der Waals surface area contributed by atoms with Crippen molar-refractivity contribution in [2.45, 2.75) is 18.9 Å². The van der Waals surface area contributed by atoms with Gasteiger partial charge in [0.25, 0.3) is 0 Å². The fourth-order valence-electron chi connectivity index (χ4n) is 4.57. The van der Waals surface area contributed by atoms with E-state index in [0.29, 0.717) is 6.04 Å². The van der Waals surface area contributed by atoms with Crippen LogP contribution in [-0.4, -0.2) is 40.9 Å². The molecule has 1 N–H and O–H groups in total. The molecule has 1 aliphatic rings. The lowest BCUT2D eigenvalue weighted by atomic mass is 9.94. The number of benzene rings is 2. The van der Waals surface area contributed by atoms with Crippen molar-refractivity contribution in [2.75, 3.05) is 25.0 Å². The first-order valence-electron chi connectivity index (χ1n) is 11.1. The summed E-state index contributed by atoms with van der Waals surface area (Å²) in [7, 11) is 3.90. The molecule has 0 aliphatic carbocycles. The molecule has 33 heavy (non-hydrogen) atoms. The van der Waals surface area contributed by atoms with Crippen LogP contribution in [0.2, 0.25) is 0 Å². The van der Waals surface area contributed by atoms with Gasteiger partial charge in [0.1, 0.15) is 17.7 Å².